The SMILES string of the molecule is CCCNC(=O)N1CCCCC1. The van der Waals surface area contributed by atoms with Crippen molar-refractivity contribution in [3.63, 3.8) is 0 Å². The monoisotopic (exact) mass is 170 g/mol. The van der Waals surface area contributed by atoms with Crippen LogP contribution in [0.1, 0.15) is 32.6 Å². The second kappa shape index (κ2) is 5.01. The van der Waals surface area contributed by atoms with Gasteiger partial charge in [-0.2, -0.15) is 0 Å². The van der Waals surface area contributed by atoms with Gasteiger partial charge < -0.3 is 10.2 Å². The smallest absolute Gasteiger partial charge is 0.317 e. The van der Waals surface area contributed by atoms with Crippen LogP contribution in [0, 0.1) is 0 Å². The lowest BCUT2D eigenvalue weighted by Gasteiger charge is -2.26. The zero-order valence-corrected chi connectivity index (χ0v) is 7.81. The predicted molar refractivity (Wildman–Crippen MR) is 49.1 cm³/mol. The lowest BCUT2D eigenvalue weighted by atomic mass is 10.1. The van der Waals surface area contributed by atoms with Gasteiger partial charge in [0.15, 0.2) is 0 Å². The molecule has 70 valence electrons. The number of hydrogen-bond donors (Lipinski definition) is 1. The molecular formula is C9H18N2O. The summed E-state index contributed by atoms with van der Waals surface area (Å²) in [5, 5.41) is 2.89. The van der Waals surface area contributed by atoms with E-state index in [1.54, 1.807) is 0 Å². The van der Waals surface area contributed by atoms with E-state index in [9.17, 15) is 4.79 Å². The van der Waals surface area contributed by atoms with Crippen molar-refractivity contribution < 1.29 is 4.79 Å². The van der Waals surface area contributed by atoms with E-state index in [4.69, 9.17) is 0 Å². The van der Waals surface area contributed by atoms with Crippen molar-refractivity contribution in [2.45, 2.75) is 32.6 Å². The van der Waals surface area contributed by atoms with Crippen molar-refractivity contribution in [1.29, 1.82) is 0 Å². The summed E-state index contributed by atoms with van der Waals surface area (Å²) in [6, 6.07) is 0.122. The summed E-state index contributed by atoms with van der Waals surface area (Å²) < 4.78 is 0. The van der Waals surface area contributed by atoms with Gasteiger partial charge >= 0.3 is 6.03 Å². The third kappa shape index (κ3) is 2.72. The molecule has 0 atom stereocenters. The Balaban J connectivity index is 2.20. The molecule has 1 rings (SSSR count). The molecule has 2 amide bonds. The molecule has 3 heteroatoms. The van der Waals surface area contributed by atoms with Crippen LogP contribution in [0.4, 0.5) is 4.79 Å². The van der Waals surface area contributed by atoms with Crippen molar-refractivity contribution in [3.05, 3.63) is 0 Å². The average molecular weight is 170 g/mol. The van der Waals surface area contributed by atoms with Crippen LogP contribution in [0.25, 0.3) is 0 Å². The Morgan fingerprint density at radius 2 is 2.00 bits per heavy atom. The van der Waals surface area contributed by atoms with Crippen molar-refractivity contribution in [2.75, 3.05) is 19.6 Å². The van der Waals surface area contributed by atoms with E-state index < -0.39 is 0 Å². The first kappa shape index (κ1) is 9.36. The van der Waals surface area contributed by atoms with Crippen LogP contribution >= 0.6 is 0 Å². The summed E-state index contributed by atoms with van der Waals surface area (Å²) >= 11 is 0. The standard InChI is InChI=1S/C9H18N2O/c1-2-6-10-9(12)11-7-4-3-5-8-11/h2-8H2,1H3,(H,10,12). The molecule has 0 aliphatic carbocycles. The van der Waals surface area contributed by atoms with E-state index in [2.05, 4.69) is 12.2 Å². The second-order valence-electron chi connectivity index (χ2n) is 3.28. The lowest BCUT2D eigenvalue weighted by Crippen LogP contribution is -2.42. The van der Waals surface area contributed by atoms with Gasteiger partial charge in [-0.15, -0.1) is 0 Å². The zero-order chi connectivity index (χ0) is 8.81. The maximum atomic E-state index is 11.4. The van der Waals surface area contributed by atoms with E-state index in [-0.39, 0.29) is 6.03 Å². The van der Waals surface area contributed by atoms with Crippen LogP contribution < -0.4 is 5.32 Å². The molecule has 0 saturated carbocycles. The summed E-state index contributed by atoms with van der Waals surface area (Å²) in [4.78, 5) is 13.3. The molecule has 12 heavy (non-hydrogen) atoms. The number of amides is 2. The Kier molecular flexibility index (Phi) is 3.91. The number of nitrogens with zero attached hydrogens (tertiary/aromatic N) is 1. The fourth-order valence-corrected chi connectivity index (χ4v) is 1.44. The van der Waals surface area contributed by atoms with Gasteiger partial charge in [-0.05, 0) is 25.7 Å². The van der Waals surface area contributed by atoms with E-state index in [1.807, 2.05) is 4.90 Å². The van der Waals surface area contributed by atoms with Gasteiger partial charge in [0.1, 0.15) is 0 Å². The number of rotatable bonds is 2. The first-order chi connectivity index (χ1) is 5.84. The van der Waals surface area contributed by atoms with Gasteiger partial charge in [0.05, 0.1) is 0 Å². The van der Waals surface area contributed by atoms with E-state index in [0.29, 0.717) is 0 Å². The molecule has 1 fully saturated rings. The Morgan fingerprint density at radius 3 is 2.58 bits per heavy atom. The van der Waals surface area contributed by atoms with Crippen LogP contribution in [0.15, 0.2) is 0 Å². The highest BCUT2D eigenvalue weighted by Gasteiger charge is 2.14. The summed E-state index contributed by atoms with van der Waals surface area (Å²) in [7, 11) is 0. The van der Waals surface area contributed by atoms with Crippen LogP contribution in [-0.2, 0) is 0 Å². The third-order valence-electron chi connectivity index (χ3n) is 2.17. The predicted octanol–water partition coefficient (Wildman–Crippen LogP) is 1.59. The molecule has 0 radical (unpaired) electrons. The first-order valence-corrected chi connectivity index (χ1v) is 4.87. The van der Waals surface area contributed by atoms with Gasteiger partial charge in [-0.1, -0.05) is 6.92 Å². The molecule has 0 unspecified atom stereocenters. The largest absolute Gasteiger partial charge is 0.338 e. The molecular weight excluding hydrogens is 152 g/mol. The number of hydrogen-bond acceptors (Lipinski definition) is 1. The molecule has 0 aromatic rings. The van der Waals surface area contributed by atoms with Gasteiger partial charge in [-0.3, -0.25) is 0 Å². The van der Waals surface area contributed by atoms with Crippen molar-refractivity contribution >= 4 is 6.03 Å². The van der Waals surface area contributed by atoms with Gasteiger partial charge in [0, 0.05) is 19.6 Å². The highest BCUT2D eigenvalue weighted by Crippen LogP contribution is 2.07. The number of nitrogens with one attached hydrogen (secondary N) is 1. The molecule has 1 aliphatic rings. The number of likely N-dealkylation sites (tertiary alicyclic amines) is 1. The van der Waals surface area contributed by atoms with Gasteiger partial charge in [0.2, 0.25) is 0 Å². The fraction of sp³-hybridized carbons (Fsp3) is 0.889. The number of piperidine rings is 1. The summed E-state index contributed by atoms with van der Waals surface area (Å²) in [6.45, 7) is 4.75. The highest BCUT2D eigenvalue weighted by atomic mass is 16.2. The van der Waals surface area contributed by atoms with Crippen LogP contribution in [0.2, 0.25) is 0 Å². The van der Waals surface area contributed by atoms with Gasteiger partial charge in [0.25, 0.3) is 0 Å². The quantitative estimate of drug-likeness (QED) is 0.670. The van der Waals surface area contributed by atoms with Crippen LogP contribution in [0.5, 0.6) is 0 Å². The van der Waals surface area contributed by atoms with Gasteiger partial charge in [-0.25, -0.2) is 4.79 Å². The minimum atomic E-state index is 0.122. The molecule has 1 heterocycles. The molecule has 0 bridgehead atoms. The minimum Gasteiger partial charge on any atom is -0.338 e. The Morgan fingerprint density at radius 1 is 1.33 bits per heavy atom. The topological polar surface area (TPSA) is 32.3 Å². The summed E-state index contributed by atoms with van der Waals surface area (Å²) in [5.41, 5.74) is 0. The van der Waals surface area contributed by atoms with E-state index in [0.717, 1.165) is 26.1 Å². The number of carbonyl (C=O) groups is 1. The maximum Gasteiger partial charge on any atom is 0.317 e. The molecule has 0 spiro atoms. The van der Waals surface area contributed by atoms with Crippen LogP contribution in [-0.4, -0.2) is 30.6 Å². The average Bonchev–Trinajstić information content (AvgIpc) is 2.15. The minimum absolute atomic E-state index is 0.122. The highest BCUT2D eigenvalue weighted by molar-refractivity contribution is 5.74. The van der Waals surface area contributed by atoms with Crippen LogP contribution in [0.3, 0.4) is 0 Å². The molecule has 0 aromatic heterocycles. The third-order valence-corrected chi connectivity index (χ3v) is 2.17. The normalized spacial score (nSPS) is 17.6. The first-order valence-electron chi connectivity index (χ1n) is 4.87. The molecule has 1 aliphatic heterocycles. The lowest BCUT2D eigenvalue weighted by molar-refractivity contribution is 0.186. The Hall–Kier alpha value is -0.730. The summed E-state index contributed by atoms with van der Waals surface area (Å²) in [5.74, 6) is 0. The molecule has 0 aromatic carbocycles. The second-order valence-corrected chi connectivity index (χ2v) is 3.28. The Labute approximate surface area is 74.1 Å². The molecule has 1 saturated heterocycles. The van der Waals surface area contributed by atoms with E-state index >= 15 is 0 Å². The van der Waals surface area contributed by atoms with E-state index in [1.165, 1.54) is 19.3 Å². The summed E-state index contributed by atoms with van der Waals surface area (Å²) in [6.07, 6.45) is 4.62. The van der Waals surface area contributed by atoms with Crippen molar-refractivity contribution in [3.8, 4) is 0 Å². The maximum absolute atomic E-state index is 11.4. The molecule has 1 N–H and O–H groups in total. The number of carbonyl (C=O) groups excluding carboxylic acids is 1. The zero-order valence-electron chi connectivity index (χ0n) is 7.81. The number of urea groups is 1. The van der Waals surface area contributed by atoms with Crippen molar-refractivity contribution in [2.24, 2.45) is 0 Å². The van der Waals surface area contributed by atoms with Crippen molar-refractivity contribution in [1.82, 2.24) is 10.2 Å². The molecule has 3 nitrogen and oxygen atoms in total. The Bertz CT molecular complexity index is 141. The fourth-order valence-electron chi connectivity index (χ4n) is 1.44.